The number of aliphatic imine (C=N–C) groups is 1. The van der Waals surface area contributed by atoms with E-state index >= 15 is 0 Å². The van der Waals surface area contributed by atoms with Crippen molar-refractivity contribution in [2.45, 2.75) is 31.6 Å². The summed E-state index contributed by atoms with van der Waals surface area (Å²) in [5, 5.41) is 3.82. The van der Waals surface area contributed by atoms with Gasteiger partial charge in [-0.3, -0.25) is 4.99 Å². The summed E-state index contributed by atoms with van der Waals surface area (Å²) in [6.45, 7) is 4.92. The fourth-order valence-electron chi connectivity index (χ4n) is 2.91. The standard InChI is InChI=1S/C17H26ClN3O2.HI/c1-3-8-20-16(19)21-12-17(6-9-23-10-7-17)14-11-13(18)4-5-15(14)22-2;/h4-5,11H,3,6-10,12H2,1-2H3,(H3,19,20,21);1H. The normalized spacial score (nSPS) is 17.0. The average Bonchev–Trinajstić information content (AvgIpc) is 2.59. The topological polar surface area (TPSA) is 68.9 Å². The van der Waals surface area contributed by atoms with Gasteiger partial charge in [0.15, 0.2) is 5.96 Å². The molecule has 0 saturated carbocycles. The Bertz CT molecular complexity index is 549. The molecule has 5 nitrogen and oxygen atoms in total. The lowest BCUT2D eigenvalue weighted by Crippen LogP contribution is -2.39. The van der Waals surface area contributed by atoms with E-state index in [1.165, 1.54) is 0 Å². The number of rotatable bonds is 6. The molecule has 136 valence electrons. The molecular weight excluding hydrogens is 441 g/mol. The zero-order valence-electron chi connectivity index (χ0n) is 14.3. The predicted octanol–water partition coefficient (Wildman–Crippen LogP) is 3.33. The molecule has 0 unspecified atom stereocenters. The summed E-state index contributed by atoms with van der Waals surface area (Å²) in [5.74, 6) is 1.32. The SMILES string of the molecule is CCCNC(N)=NCC1(c2cc(Cl)ccc2OC)CCOCC1.I. The van der Waals surface area contributed by atoms with Gasteiger partial charge in [-0.1, -0.05) is 18.5 Å². The van der Waals surface area contributed by atoms with Gasteiger partial charge < -0.3 is 20.5 Å². The molecule has 0 spiro atoms. The van der Waals surface area contributed by atoms with Crippen molar-refractivity contribution in [1.29, 1.82) is 0 Å². The van der Waals surface area contributed by atoms with E-state index in [9.17, 15) is 0 Å². The Balaban J connectivity index is 0.00000288. The first-order valence-corrected chi connectivity index (χ1v) is 8.44. The molecule has 0 atom stereocenters. The molecule has 1 aromatic carbocycles. The quantitative estimate of drug-likeness (QED) is 0.383. The highest BCUT2D eigenvalue weighted by Gasteiger charge is 2.37. The third-order valence-corrected chi connectivity index (χ3v) is 4.53. The molecule has 0 radical (unpaired) electrons. The molecule has 1 aliphatic heterocycles. The molecule has 1 heterocycles. The molecule has 0 aromatic heterocycles. The van der Waals surface area contributed by atoms with Gasteiger partial charge in [0.25, 0.3) is 0 Å². The van der Waals surface area contributed by atoms with Gasteiger partial charge in [0, 0.05) is 35.8 Å². The largest absolute Gasteiger partial charge is 0.496 e. The van der Waals surface area contributed by atoms with Crippen molar-refractivity contribution in [1.82, 2.24) is 5.32 Å². The lowest BCUT2D eigenvalue weighted by Gasteiger charge is -2.37. The number of benzene rings is 1. The van der Waals surface area contributed by atoms with Crippen LogP contribution in [-0.2, 0) is 10.2 Å². The Morgan fingerprint density at radius 2 is 2.12 bits per heavy atom. The minimum atomic E-state index is -0.160. The van der Waals surface area contributed by atoms with E-state index < -0.39 is 0 Å². The monoisotopic (exact) mass is 467 g/mol. The lowest BCUT2D eigenvalue weighted by molar-refractivity contribution is 0.0523. The van der Waals surface area contributed by atoms with Gasteiger partial charge in [0.05, 0.1) is 13.7 Å². The Morgan fingerprint density at radius 3 is 2.75 bits per heavy atom. The van der Waals surface area contributed by atoms with Crippen molar-refractivity contribution >= 4 is 41.5 Å². The number of nitrogens with zero attached hydrogens (tertiary/aromatic N) is 1. The summed E-state index contributed by atoms with van der Waals surface area (Å²) in [7, 11) is 1.68. The van der Waals surface area contributed by atoms with Crippen LogP contribution in [-0.4, -0.2) is 39.4 Å². The summed E-state index contributed by atoms with van der Waals surface area (Å²) in [6, 6.07) is 5.74. The zero-order chi connectivity index (χ0) is 16.7. The molecule has 7 heteroatoms. The minimum Gasteiger partial charge on any atom is -0.496 e. The van der Waals surface area contributed by atoms with Crippen molar-refractivity contribution in [3.63, 3.8) is 0 Å². The highest BCUT2D eigenvalue weighted by Crippen LogP contribution is 2.41. The molecule has 1 fully saturated rings. The molecule has 1 aromatic rings. The molecule has 0 bridgehead atoms. The summed E-state index contributed by atoms with van der Waals surface area (Å²) in [6.07, 6.45) is 2.75. The van der Waals surface area contributed by atoms with Crippen molar-refractivity contribution in [2.75, 3.05) is 33.4 Å². The molecular formula is C17H27ClIN3O2. The van der Waals surface area contributed by atoms with E-state index in [-0.39, 0.29) is 29.4 Å². The van der Waals surface area contributed by atoms with E-state index in [0.29, 0.717) is 30.7 Å². The average molecular weight is 468 g/mol. The molecule has 2 rings (SSSR count). The van der Waals surface area contributed by atoms with Crippen LogP contribution in [0, 0.1) is 0 Å². The van der Waals surface area contributed by atoms with Crippen molar-refractivity contribution in [3.8, 4) is 5.75 Å². The number of hydrogen-bond acceptors (Lipinski definition) is 3. The van der Waals surface area contributed by atoms with Gasteiger partial charge in [0.2, 0.25) is 0 Å². The molecule has 24 heavy (non-hydrogen) atoms. The van der Waals surface area contributed by atoms with Crippen LogP contribution in [0.1, 0.15) is 31.7 Å². The van der Waals surface area contributed by atoms with Crippen LogP contribution >= 0.6 is 35.6 Å². The van der Waals surface area contributed by atoms with Crippen LogP contribution in [0.3, 0.4) is 0 Å². The van der Waals surface area contributed by atoms with E-state index in [1.807, 2.05) is 18.2 Å². The van der Waals surface area contributed by atoms with Gasteiger partial charge in [-0.2, -0.15) is 0 Å². The maximum absolute atomic E-state index is 6.23. The highest BCUT2D eigenvalue weighted by molar-refractivity contribution is 14.0. The van der Waals surface area contributed by atoms with Crippen LogP contribution in [0.4, 0.5) is 0 Å². The number of nitrogens with two attached hydrogens (primary N) is 1. The van der Waals surface area contributed by atoms with Crippen LogP contribution in [0.5, 0.6) is 5.75 Å². The third kappa shape index (κ3) is 5.39. The number of methoxy groups -OCH3 is 1. The first-order chi connectivity index (χ1) is 11.1. The lowest BCUT2D eigenvalue weighted by atomic mass is 9.73. The first kappa shape index (κ1) is 21.3. The highest BCUT2D eigenvalue weighted by atomic mass is 127. The summed E-state index contributed by atoms with van der Waals surface area (Å²) in [4.78, 5) is 4.57. The van der Waals surface area contributed by atoms with Crippen molar-refractivity contribution < 1.29 is 9.47 Å². The zero-order valence-corrected chi connectivity index (χ0v) is 17.4. The van der Waals surface area contributed by atoms with Gasteiger partial charge in [-0.25, -0.2) is 0 Å². The van der Waals surface area contributed by atoms with Crippen molar-refractivity contribution in [3.05, 3.63) is 28.8 Å². The van der Waals surface area contributed by atoms with Gasteiger partial charge in [-0.15, -0.1) is 24.0 Å². The minimum absolute atomic E-state index is 0. The molecule has 1 aliphatic rings. The number of halogens is 2. The van der Waals surface area contributed by atoms with Gasteiger partial charge >= 0.3 is 0 Å². The summed E-state index contributed by atoms with van der Waals surface area (Å²) in [5.41, 5.74) is 6.89. The van der Waals surface area contributed by atoms with E-state index in [0.717, 1.165) is 37.1 Å². The number of hydrogen-bond donors (Lipinski definition) is 2. The number of guanidine groups is 1. The van der Waals surface area contributed by atoms with E-state index in [1.54, 1.807) is 7.11 Å². The van der Waals surface area contributed by atoms with Crippen molar-refractivity contribution in [2.24, 2.45) is 10.7 Å². The maximum atomic E-state index is 6.23. The second-order valence-electron chi connectivity index (χ2n) is 5.87. The van der Waals surface area contributed by atoms with E-state index in [4.69, 9.17) is 26.8 Å². The maximum Gasteiger partial charge on any atom is 0.188 e. The summed E-state index contributed by atoms with van der Waals surface area (Å²) >= 11 is 6.23. The molecule has 0 aliphatic carbocycles. The molecule has 3 N–H and O–H groups in total. The first-order valence-electron chi connectivity index (χ1n) is 8.07. The fraction of sp³-hybridized carbons (Fsp3) is 0.588. The van der Waals surface area contributed by atoms with Crippen LogP contribution in [0.25, 0.3) is 0 Å². The third-order valence-electron chi connectivity index (χ3n) is 4.29. The fourth-order valence-corrected chi connectivity index (χ4v) is 3.09. The number of ether oxygens (including phenoxy) is 2. The molecule has 1 saturated heterocycles. The van der Waals surface area contributed by atoms with Gasteiger partial charge in [0.1, 0.15) is 5.75 Å². The Labute approximate surface area is 166 Å². The second kappa shape index (κ2) is 10.3. The summed E-state index contributed by atoms with van der Waals surface area (Å²) < 4.78 is 11.1. The Morgan fingerprint density at radius 1 is 1.42 bits per heavy atom. The van der Waals surface area contributed by atoms with E-state index in [2.05, 4.69) is 17.2 Å². The van der Waals surface area contributed by atoms with Crippen LogP contribution in [0.15, 0.2) is 23.2 Å². The smallest absolute Gasteiger partial charge is 0.188 e. The van der Waals surface area contributed by atoms with Gasteiger partial charge in [-0.05, 0) is 37.5 Å². The Kier molecular flexibility index (Phi) is 9.15. The van der Waals surface area contributed by atoms with Crippen LogP contribution in [0.2, 0.25) is 5.02 Å². The van der Waals surface area contributed by atoms with Crippen LogP contribution < -0.4 is 15.8 Å². The Hall–Kier alpha value is -0.730. The predicted molar refractivity (Wildman–Crippen MR) is 110 cm³/mol. The number of nitrogens with one attached hydrogen (secondary N) is 1. The second-order valence-corrected chi connectivity index (χ2v) is 6.30. The molecule has 0 amide bonds.